The number of hydrogen-bond acceptors (Lipinski definition) is 9. The maximum Gasteiger partial charge on any atom is 0.226 e. The minimum absolute atomic E-state index is 0.198. The maximum absolute atomic E-state index is 10.1. The molecule has 1 saturated heterocycles. The molecule has 6 N–H and O–H groups in total. The monoisotopic (exact) mass is 400 g/mol. The van der Waals surface area contributed by atoms with Crippen molar-refractivity contribution >= 4 is 22.9 Å². The molecule has 1 aromatic carbocycles. The molecule has 4 rings (SSSR count). The smallest absolute Gasteiger partial charge is 0.226 e. The summed E-state index contributed by atoms with van der Waals surface area (Å²) in [6.45, 7) is 0.500. The van der Waals surface area contributed by atoms with Gasteiger partial charge in [0.15, 0.2) is 11.5 Å². The van der Waals surface area contributed by atoms with E-state index >= 15 is 0 Å². The Kier molecular flexibility index (Phi) is 5.86. The summed E-state index contributed by atoms with van der Waals surface area (Å²) in [7, 11) is 0. The fraction of sp³-hybridized carbons (Fsp3) is 0.421. The Bertz CT molecular complexity index is 937. The molecule has 10 heteroatoms. The van der Waals surface area contributed by atoms with E-state index in [1.807, 2.05) is 18.2 Å². The van der Waals surface area contributed by atoms with E-state index in [0.29, 0.717) is 29.5 Å². The van der Waals surface area contributed by atoms with E-state index in [1.165, 1.54) is 11.9 Å². The summed E-state index contributed by atoms with van der Waals surface area (Å²) in [6, 6.07) is 10.1. The number of nitrogens with one attached hydrogen (secondary N) is 3. The Labute approximate surface area is 167 Å². The van der Waals surface area contributed by atoms with E-state index in [2.05, 4.69) is 42.7 Å². The molecule has 0 saturated carbocycles. The van der Waals surface area contributed by atoms with Crippen LogP contribution in [0, 0.1) is 0 Å². The zero-order valence-electron chi connectivity index (χ0n) is 15.7. The number of H-pyrrole nitrogens is 1. The lowest BCUT2D eigenvalue weighted by molar-refractivity contribution is -0.0184. The first-order valence-corrected chi connectivity index (χ1v) is 9.51. The fourth-order valence-electron chi connectivity index (χ4n) is 3.35. The summed E-state index contributed by atoms with van der Waals surface area (Å²) in [5.41, 5.74) is 2.35. The van der Waals surface area contributed by atoms with Gasteiger partial charge in [-0.25, -0.2) is 4.98 Å². The number of fused-ring (bicyclic) bond motifs is 1. The van der Waals surface area contributed by atoms with Crippen LogP contribution in [0.4, 0.5) is 11.8 Å². The van der Waals surface area contributed by atoms with Crippen LogP contribution < -0.4 is 10.6 Å². The zero-order valence-corrected chi connectivity index (χ0v) is 15.7. The van der Waals surface area contributed by atoms with Crippen LogP contribution >= 0.6 is 0 Å². The van der Waals surface area contributed by atoms with Crippen molar-refractivity contribution < 1.29 is 20.1 Å². The second-order valence-corrected chi connectivity index (χ2v) is 6.92. The van der Waals surface area contributed by atoms with E-state index in [4.69, 9.17) is 4.74 Å². The molecule has 3 heterocycles. The van der Waals surface area contributed by atoms with E-state index in [9.17, 15) is 15.3 Å². The van der Waals surface area contributed by atoms with Gasteiger partial charge in [0.05, 0.1) is 12.9 Å². The number of ether oxygens (including phenoxy) is 1. The molecule has 3 aromatic rings. The van der Waals surface area contributed by atoms with E-state index in [-0.39, 0.29) is 13.2 Å². The quantitative estimate of drug-likeness (QED) is 0.305. The summed E-state index contributed by atoms with van der Waals surface area (Å²) in [4.78, 5) is 16.1. The van der Waals surface area contributed by atoms with Crippen molar-refractivity contribution in [2.45, 2.75) is 30.8 Å². The number of rotatable bonds is 8. The van der Waals surface area contributed by atoms with Crippen molar-refractivity contribution in [3.05, 3.63) is 42.2 Å². The summed E-state index contributed by atoms with van der Waals surface area (Å²) >= 11 is 0. The van der Waals surface area contributed by atoms with Crippen molar-refractivity contribution in [2.24, 2.45) is 0 Å². The summed E-state index contributed by atoms with van der Waals surface area (Å²) in [5.74, 6) is 0.941. The van der Waals surface area contributed by atoms with Crippen LogP contribution in [0.3, 0.4) is 0 Å². The van der Waals surface area contributed by atoms with Gasteiger partial charge >= 0.3 is 0 Å². The molecule has 0 unspecified atom stereocenters. The third kappa shape index (κ3) is 4.30. The fourth-order valence-corrected chi connectivity index (χ4v) is 3.35. The van der Waals surface area contributed by atoms with Gasteiger partial charge in [-0.15, -0.1) is 0 Å². The molecule has 29 heavy (non-hydrogen) atoms. The Morgan fingerprint density at radius 2 is 1.83 bits per heavy atom. The first-order chi connectivity index (χ1) is 14.2. The van der Waals surface area contributed by atoms with Gasteiger partial charge in [0.1, 0.15) is 29.9 Å². The van der Waals surface area contributed by atoms with Gasteiger partial charge in [0.25, 0.3) is 0 Å². The maximum atomic E-state index is 10.1. The summed E-state index contributed by atoms with van der Waals surface area (Å²) < 4.78 is 5.50. The zero-order chi connectivity index (χ0) is 20.2. The summed E-state index contributed by atoms with van der Waals surface area (Å²) in [5, 5.41) is 35.5. The lowest BCUT2D eigenvalue weighted by Crippen LogP contribution is -2.36. The molecule has 1 aliphatic rings. The number of aromatic amines is 1. The standard InChI is InChI=1S/C19H24N6O4/c26-9-13-16(28)15(27)12(29-13)8-21-17-14-18(23-10-22-14)25-19(24-17)20-7-6-11-4-2-1-3-5-11/h1-5,10,12-13,15-16,26-28H,6-9H2,(H3,20,21,22,23,24,25)/t12-,13+,15+,16+/m0/s1. The Hall–Kier alpha value is -2.79. The van der Waals surface area contributed by atoms with E-state index in [0.717, 1.165) is 6.42 Å². The minimum atomic E-state index is -1.13. The second kappa shape index (κ2) is 8.70. The third-order valence-electron chi connectivity index (χ3n) is 4.94. The minimum Gasteiger partial charge on any atom is -0.394 e. The molecule has 0 bridgehead atoms. The highest BCUT2D eigenvalue weighted by molar-refractivity contribution is 5.83. The van der Waals surface area contributed by atoms with Crippen LogP contribution in [0.5, 0.6) is 0 Å². The number of aliphatic hydroxyl groups is 3. The average Bonchev–Trinajstić information content (AvgIpc) is 3.32. The SMILES string of the molecule is OC[C@H]1O[C@@H](CNc2nc(NCCc3ccccc3)nc3nc[nH]c23)[C@@H](O)[C@@H]1O. The van der Waals surface area contributed by atoms with Crippen molar-refractivity contribution in [3.63, 3.8) is 0 Å². The molecule has 2 aromatic heterocycles. The normalized spacial score (nSPS) is 24.1. The molecule has 0 spiro atoms. The number of imidazole rings is 1. The van der Waals surface area contributed by atoms with Crippen molar-refractivity contribution in [2.75, 3.05) is 30.3 Å². The van der Waals surface area contributed by atoms with E-state index in [1.54, 1.807) is 0 Å². The first kappa shape index (κ1) is 19.5. The molecule has 1 fully saturated rings. The molecule has 4 atom stereocenters. The highest BCUT2D eigenvalue weighted by atomic mass is 16.6. The highest BCUT2D eigenvalue weighted by Gasteiger charge is 2.42. The molecule has 0 aliphatic carbocycles. The summed E-state index contributed by atoms with van der Waals surface area (Å²) in [6.07, 6.45) is -1.34. The van der Waals surface area contributed by atoms with Gasteiger partial charge in [0, 0.05) is 13.1 Å². The number of aromatic nitrogens is 4. The van der Waals surface area contributed by atoms with Crippen LogP contribution in [0.2, 0.25) is 0 Å². The number of hydrogen-bond donors (Lipinski definition) is 6. The average molecular weight is 400 g/mol. The van der Waals surface area contributed by atoms with Crippen LogP contribution in [-0.2, 0) is 11.2 Å². The van der Waals surface area contributed by atoms with Crippen LogP contribution in [0.1, 0.15) is 5.56 Å². The number of anilines is 2. The molecular formula is C19H24N6O4. The lowest BCUT2D eigenvalue weighted by Gasteiger charge is -2.16. The molecule has 0 amide bonds. The predicted molar refractivity (Wildman–Crippen MR) is 107 cm³/mol. The van der Waals surface area contributed by atoms with Gasteiger partial charge in [-0.05, 0) is 12.0 Å². The Morgan fingerprint density at radius 1 is 1.03 bits per heavy atom. The molecule has 0 radical (unpaired) electrons. The molecular weight excluding hydrogens is 376 g/mol. The Balaban J connectivity index is 1.42. The third-order valence-corrected chi connectivity index (χ3v) is 4.94. The number of aliphatic hydroxyl groups excluding tert-OH is 3. The predicted octanol–water partition coefficient (Wildman–Crippen LogP) is -0.0991. The molecule has 1 aliphatic heterocycles. The number of benzene rings is 1. The van der Waals surface area contributed by atoms with Gasteiger partial charge < -0.3 is 35.7 Å². The van der Waals surface area contributed by atoms with Gasteiger partial charge in [-0.3, -0.25) is 0 Å². The topological polar surface area (TPSA) is 148 Å². The van der Waals surface area contributed by atoms with Crippen LogP contribution in [0.15, 0.2) is 36.7 Å². The first-order valence-electron chi connectivity index (χ1n) is 9.51. The van der Waals surface area contributed by atoms with Crippen molar-refractivity contribution in [3.8, 4) is 0 Å². The lowest BCUT2D eigenvalue weighted by atomic mass is 10.1. The number of nitrogens with zero attached hydrogens (tertiary/aromatic N) is 3. The van der Waals surface area contributed by atoms with Gasteiger partial charge in [0.2, 0.25) is 5.95 Å². The van der Waals surface area contributed by atoms with Crippen molar-refractivity contribution in [1.29, 1.82) is 0 Å². The van der Waals surface area contributed by atoms with Crippen LogP contribution in [-0.4, -0.2) is 79.4 Å². The Morgan fingerprint density at radius 3 is 2.59 bits per heavy atom. The van der Waals surface area contributed by atoms with Gasteiger partial charge in [-0.1, -0.05) is 30.3 Å². The second-order valence-electron chi connectivity index (χ2n) is 6.92. The van der Waals surface area contributed by atoms with E-state index < -0.39 is 24.4 Å². The highest BCUT2D eigenvalue weighted by Crippen LogP contribution is 2.23. The largest absolute Gasteiger partial charge is 0.394 e. The van der Waals surface area contributed by atoms with Gasteiger partial charge in [-0.2, -0.15) is 9.97 Å². The molecule has 10 nitrogen and oxygen atoms in total. The van der Waals surface area contributed by atoms with Crippen molar-refractivity contribution in [1.82, 2.24) is 19.9 Å². The van der Waals surface area contributed by atoms with Crippen LogP contribution in [0.25, 0.3) is 11.2 Å². The molecule has 154 valence electrons.